The fourth-order valence-corrected chi connectivity index (χ4v) is 5.38. The van der Waals surface area contributed by atoms with Gasteiger partial charge in [-0.25, -0.2) is 0 Å². The average Bonchev–Trinajstić information content (AvgIpc) is 3.26. The molecule has 0 aromatic heterocycles. The number of amidine groups is 1. The first-order valence-corrected chi connectivity index (χ1v) is 12.3. The zero-order valence-corrected chi connectivity index (χ0v) is 19.4. The summed E-state index contributed by atoms with van der Waals surface area (Å²) in [6.07, 6.45) is 10.4. The van der Waals surface area contributed by atoms with Crippen LogP contribution in [0.5, 0.6) is 0 Å². The highest BCUT2D eigenvalue weighted by Gasteiger charge is 2.33. The van der Waals surface area contributed by atoms with E-state index in [-0.39, 0.29) is 0 Å². The van der Waals surface area contributed by atoms with Crippen molar-refractivity contribution in [1.82, 2.24) is 15.1 Å². The number of unbranched alkanes of at least 4 members (excludes halogenated alkanes) is 1. The normalized spacial score (nSPS) is 31.9. The predicted molar refractivity (Wildman–Crippen MR) is 124 cm³/mol. The van der Waals surface area contributed by atoms with Gasteiger partial charge in [0.25, 0.3) is 0 Å². The van der Waals surface area contributed by atoms with E-state index < -0.39 is 0 Å². The maximum atomic E-state index is 5.86. The minimum atomic E-state index is 0.485. The third-order valence-corrected chi connectivity index (χ3v) is 7.75. The number of hydrogen-bond donors (Lipinski definition) is 1. The summed E-state index contributed by atoms with van der Waals surface area (Å²) in [7, 11) is 0. The van der Waals surface area contributed by atoms with Crippen molar-refractivity contribution >= 4 is 23.2 Å². The van der Waals surface area contributed by atoms with E-state index in [2.05, 4.69) is 42.8 Å². The largest absolute Gasteiger partial charge is 0.371 e. The molecule has 0 spiro atoms. The van der Waals surface area contributed by atoms with Crippen molar-refractivity contribution in [2.45, 2.75) is 91.1 Å². The molecule has 0 radical (unpaired) electrons. The van der Waals surface area contributed by atoms with E-state index in [4.69, 9.17) is 17.2 Å². The molecule has 1 saturated heterocycles. The zero-order valence-electron chi connectivity index (χ0n) is 18.6. The Labute approximate surface area is 178 Å². The zero-order chi connectivity index (χ0) is 20.1. The Morgan fingerprint density at radius 3 is 2.64 bits per heavy atom. The SMILES string of the molecule is CCC(C)C1=N[C@@H](CCCCN2C[C@@H](C)N(CC3CCC(C)CC3)C2=S)CN1. The fraction of sp³-hybridized carbons (Fsp3) is 0.913. The highest BCUT2D eigenvalue weighted by Crippen LogP contribution is 2.30. The first kappa shape index (κ1) is 21.9. The number of nitrogens with one attached hydrogen (secondary N) is 1. The molecule has 3 rings (SSSR count). The molecule has 1 unspecified atom stereocenters. The summed E-state index contributed by atoms with van der Waals surface area (Å²) < 4.78 is 0. The van der Waals surface area contributed by atoms with Crippen LogP contribution in [0.1, 0.15) is 79.1 Å². The van der Waals surface area contributed by atoms with Crippen molar-refractivity contribution < 1.29 is 0 Å². The van der Waals surface area contributed by atoms with Gasteiger partial charge in [0.2, 0.25) is 0 Å². The molecule has 1 N–H and O–H groups in total. The molecule has 5 heteroatoms. The Balaban J connectivity index is 1.36. The van der Waals surface area contributed by atoms with Gasteiger partial charge in [-0.2, -0.15) is 0 Å². The second-order valence-electron chi connectivity index (χ2n) is 9.71. The maximum absolute atomic E-state index is 5.86. The average molecular weight is 407 g/mol. The molecule has 2 aliphatic heterocycles. The molecular formula is C23H42N4S. The fourth-order valence-electron chi connectivity index (χ4n) is 4.96. The predicted octanol–water partition coefficient (Wildman–Crippen LogP) is 4.69. The monoisotopic (exact) mass is 406 g/mol. The second-order valence-corrected chi connectivity index (χ2v) is 10.1. The van der Waals surface area contributed by atoms with Crippen LogP contribution in [-0.2, 0) is 0 Å². The van der Waals surface area contributed by atoms with Gasteiger partial charge in [-0.15, -0.1) is 0 Å². The van der Waals surface area contributed by atoms with Gasteiger partial charge >= 0.3 is 0 Å². The van der Waals surface area contributed by atoms with Crippen LogP contribution in [0.15, 0.2) is 4.99 Å². The highest BCUT2D eigenvalue weighted by atomic mass is 32.1. The molecule has 0 bridgehead atoms. The standard InChI is InChI=1S/C23H42N4S/c1-5-18(3)22-24-14-21(25-22)8-6-7-13-26-15-19(4)27(23(26)28)16-20-11-9-17(2)10-12-20/h17-21H,5-16H2,1-4H3,(H,24,25)/t17?,18?,19-,20?,21+/m1/s1. The highest BCUT2D eigenvalue weighted by molar-refractivity contribution is 7.80. The van der Waals surface area contributed by atoms with Crippen molar-refractivity contribution in [3.05, 3.63) is 0 Å². The van der Waals surface area contributed by atoms with Crippen LogP contribution in [0.4, 0.5) is 0 Å². The molecule has 0 aromatic carbocycles. The van der Waals surface area contributed by atoms with Gasteiger partial charge in [0, 0.05) is 38.1 Å². The van der Waals surface area contributed by atoms with Gasteiger partial charge in [0.15, 0.2) is 5.11 Å². The smallest absolute Gasteiger partial charge is 0.171 e. The summed E-state index contributed by atoms with van der Waals surface area (Å²) in [4.78, 5) is 9.89. The summed E-state index contributed by atoms with van der Waals surface area (Å²) in [5, 5.41) is 4.63. The van der Waals surface area contributed by atoms with E-state index in [1.54, 1.807) is 0 Å². The molecule has 28 heavy (non-hydrogen) atoms. The summed E-state index contributed by atoms with van der Waals surface area (Å²) in [5.74, 6) is 3.59. The van der Waals surface area contributed by atoms with Gasteiger partial charge in [0.1, 0.15) is 0 Å². The first-order chi connectivity index (χ1) is 13.5. The van der Waals surface area contributed by atoms with Crippen LogP contribution in [-0.4, -0.2) is 59.0 Å². The molecular weight excluding hydrogens is 364 g/mol. The van der Waals surface area contributed by atoms with E-state index in [1.807, 2.05) is 0 Å². The molecule has 2 fully saturated rings. The Kier molecular flexibility index (Phi) is 8.02. The molecule has 3 aliphatic rings. The van der Waals surface area contributed by atoms with Gasteiger partial charge in [-0.1, -0.05) is 33.6 Å². The van der Waals surface area contributed by atoms with Crippen LogP contribution < -0.4 is 5.32 Å². The Bertz CT molecular complexity index is 541. The molecule has 0 aromatic rings. The number of rotatable bonds is 9. The van der Waals surface area contributed by atoms with Gasteiger partial charge in [-0.3, -0.25) is 4.99 Å². The Morgan fingerprint density at radius 2 is 1.93 bits per heavy atom. The lowest BCUT2D eigenvalue weighted by Gasteiger charge is -2.32. The minimum Gasteiger partial charge on any atom is -0.371 e. The van der Waals surface area contributed by atoms with Crippen LogP contribution in [0, 0.1) is 17.8 Å². The van der Waals surface area contributed by atoms with Crippen molar-refractivity contribution in [1.29, 1.82) is 0 Å². The third kappa shape index (κ3) is 5.61. The van der Waals surface area contributed by atoms with E-state index in [1.165, 1.54) is 63.7 Å². The number of hydrogen-bond acceptors (Lipinski definition) is 3. The summed E-state index contributed by atoms with van der Waals surface area (Å²) in [6, 6.07) is 1.06. The van der Waals surface area contributed by atoms with E-state index in [0.717, 1.165) is 36.6 Å². The van der Waals surface area contributed by atoms with Crippen molar-refractivity contribution in [2.24, 2.45) is 22.7 Å². The molecule has 1 saturated carbocycles. The number of aliphatic imine (C=N–C) groups is 1. The Hall–Kier alpha value is -0.840. The number of thiocarbonyl (C=S) groups is 1. The maximum Gasteiger partial charge on any atom is 0.171 e. The lowest BCUT2D eigenvalue weighted by molar-refractivity contribution is 0.227. The summed E-state index contributed by atoms with van der Waals surface area (Å²) in [6.45, 7) is 13.7. The van der Waals surface area contributed by atoms with Crippen LogP contribution in [0.2, 0.25) is 0 Å². The van der Waals surface area contributed by atoms with Crippen LogP contribution in [0.3, 0.4) is 0 Å². The first-order valence-electron chi connectivity index (χ1n) is 11.8. The van der Waals surface area contributed by atoms with Crippen molar-refractivity contribution in [2.75, 3.05) is 26.2 Å². The molecule has 1 aliphatic carbocycles. The third-order valence-electron chi connectivity index (χ3n) is 7.26. The molecule has 4 nitrogen and oxygen atoms in total. The molecule has 160 valence electrons. The summed E-state index contributed by atoms with van der Waals surface area (Å²) in [5.41, 5.74) is 0. The molecule has 3 atom stereocenters. The molecule has 0 amide bonds. The van der Waals surface area contributed by atoms with E-state index in [0.29, 0.717) is 18.0 Å². The van der Waals surface area contributed by atoms with Crippen molar-refractivity contribution in [3.63, 3.8) is 0 Å². The van der Waals surface area contributed by atoms with Crippen LogP contribution in [0.25, 0.3) is 0 Å². The Morgan fingerprint density at radius 1 is 1.18 bits per heavy atom. The van der Waals surface area contributed by atoms with Gasteiger partial charge < -0.3 is 15.1 Å². The van der Waals surface area contributed by atoms with E-state index >= 15 is 0 Å². The number of nitrogens with zero attached hydrogens (tertiary/aromatic N) is 3. The molecule has 2 heterocycles. The van der Waals surface area contributed by atoms with E-state index in [9.17, 15) is 0 Å². The lowest BCUT2D eigenvalue weighted by Crippen LogP contribution is -2.38. The minimum absolute atomic E-state index is 0.485. The second kappa shape index (κ2) is 10.3. The summed E-state index contributed by atoms with van der Waals surface area (Å²) >= 11 is 5.86. The van der Waals surface area contributed by atoms with Crippen LogP contribution >= 0.6 is 12.2 Å². The lowest BCUT2D eigenvalue weighted by atomic mass is 9.83. The van der Waals surface area contributed by atoms with Gasteiger partial charge in [0.05, 0.1) is 11.9 Å². The van der Waals surface area contributed by atoms with Gasteiger partial charge in [-0.05, 0) is 69.5 Å². The van der Waals surface area contributed by atoms with Crippen molar-refractivity contribution in [3.8, 4) is 0 Å². The topological polar surface area (TPSA) is 30.9 Å². The quantitative estimate of drug-likeness (QED) is 0.444.